The van der Waals surface area contributed by atoms with Gasteiger partial charge in [-0.15, -0.1) is 0 Å². The Morgan fingerprint density at radius 2 is 1.65 bits per heavy atom. The van der Waals surface area contributed by atoms with E-state index in [1.165, 1.54) is 5.56 Å². The Kier molecular flexibility index (Phi) is 5.66. The summed E-state index contributed by atoms with van der Waals surface area (Å²) < 4.78 is 16.7. The maximum absolute atomic E-state index is 12.2. The lowest BCUT2D eigenvalue weighted by Gasteiger charge is -2.21. The van der Waals surface area contributed by atoms with Crippen molar-refractivity contribution in [2.45, 2.75) is 32.7 Å². The molecule has 1 unspecified atom stereocenters. The van der Waals surface area contributed by atoms with Crippen LogP contribution >= 0.6 is 0 Å². The Labute approximate surface area is 154 Å². The predicted octanol–water partition coefficient (Wildman–Crippen LogP) is 3.84. The number of fused-ring (bicyclic) bond motifs is 1. The van der Waals surface area contributed by atoms with Gasteiger partial charge in [-0.2, -0.15) is 0 Å². The van der Waals surface area contributed by atoms with E-state index in [-0.39, 0.29) is 18.6 Å². The molecule has 2 aromatic rings. The summed E-state index contributed by atoms with van der Waals surface area (Å²) in [4.78, 5) is 12.2. The molecule has 0 bridgehead atoms. The Morgan fingerprint density at radius 1 is 1.00 bits per heavy atom. The fourth-order valence-electron chi connectivity index (χ4n) is 2.79. The topological polar surface area (TPSA) is 56.8 Å². The van der Waals surface area contributed by atoms with Crippen LogP contribution in [0.15, 0.2) is 42.5 Å². The van der Waals surface area contributed by atoms with E-state index in [2.05, 4.69) is 19.2 Å². The second kappa shape index (κ2) is 8.13. The van der Waals surface area contributed by atoms with Gasteiger partial charge in [-0.3, -0.25) is 4.79 Å². The third-order valence-electron chi connectivity index (χ3n) is 4.36. The summed E-state index contributed by atoms with van der Waals surface area (Å²) in [5, 5.41) is 2.94. The van der Waals surface area contributed by atoms with Crippen molar-refractivity contribution >= 4 is 5.91 Å². The summed E-state index contributed by atoms with van der Waals surface area (Å²) in [5.41, 5.74) is 2.21. The maximum Gasteiger partial charge on any atom is 0.258 e. The van der Waals surface area contributed by atoms with Gasteiger partial charge in [0.25, 0.3) is 5.91 Å². The van der Waals surface area contributed by atoms with Gasteiger partial charge in [0.2, 0.25) is 0 Å². The SMILES string of the molecule is CC(C)c1ccc(OCC(=O)NC(C)c2ccc3c(c2)OCCO3)cc1. The molecule has 0 radical (unpaired) electrons. The van der Waals surface area contributed by atoms with Crippen molar-refractivity contribution in [3.8, 4) is 17.2 Å². The van der Waals surface area contributed by atoms with Crippen molar-refractivity contribution in [2.75, 3.05) is 19.8 Å². The van der Waals surface area contributed by atoms with Gasteiger partial charge in [0.05, 0.1) is 6.04 Å². The minimum absolute atomic E-state index is 0.0179. The van der Waals surface area contributed by atoms with Crippen molar-refractivity contribution in [3.63, 3.8) is 0 Å². The molecule has 5 heteroatoms. The molecule has 0 saturated carbocycles. The van der Waals surface area contributed by atoms with Gasteiger partial charge in [0.15, 0.2) is 18.1 Å². The summed E-state index contributed by atoms with van der Waals surface area (Å²) in [6.07, 6.45) is 0. The molecule has 0 aromatic heterocycles. The molecule has 5 nitrogen and oxygen atoms in total. The average molecular weight is 355 g/mol. The van der Waals surface area contributed by atoms with Crippen molar-refractivity contribution in [2.24, 2.45) is 0 Å². The number of benzene rings is 2. The minimum atomic E-state index is -0.166. The highest BCUT2D eigenvalue weighted by molar-refractivity contribution is 5.78. The van der Waals surface area contributed by atoms with E-state index >= 15 is 0 Å². The minimum Gasteiger partial charge on any atom is -0.486 e. The molecule has 0 fully saturated rings. The Balaban J connectivity index is 1.52. The zero-order valence-corrected chi connectivity index (χ0v) is 15.5. The molecule has 1 aliphatic heterocycles. The highest BCUT2D eigenvalue weighted by Gasteiger charge is 2.16. The number of hydrogen-bond donors (Lipinski definition) is 1. The smallest absolute Gasteiger partial charge is 0.258 e. The van der Waals surface area contributed by atoms with Crippen LogP contribution in [0.2, 0.25) is 0 Å². The average Bonchev–Trinajstić information content (AvgIpc) is 2.66. The lowest BCUT2D eigenvalue weighted by molar-refractivity contribution is -0.123. The first kappa shape index (κ1) is 18.1. The number of nitrogens with one attached hydrogen (secondary N) is 1. The fourth-order valence-corrected chi connectivity index (χ4v) is 2.79. The standard InChI is InChI=1S/C21H25NO4/c1-14(2)16-4-7-18(8-5-16)26-13-21(23)22-15(3)17-6-9-19-20(12-17)25-11-10-24-19/h4-9,12,14-15H,10-11,13H2,1-3H3,(H,22,23). The molecule has 1 N–H and O–H groups in total. The molecular formula is C21H25NO4. The molecule has 26 heavy (non-hydrogen) atoms. The van der Waals surface area contributed by atoms with Crippen LogP contribution in [0, 0.1) is 0 Å². The molecule has 0 spiro atoms. The first-order valence-electron chi connectivity index (χ1n) is 8.94. The normalized spacial score (nSPS) is 14.0. The quantitative estimate of drug-likeness (QED) is 0.855. The number of hydrogen-bond acceptors (Lipinski definition) is 4. The first-order chi connectivity index (χ1) is 12.5. The second-order valence-electron chi connectivity index (χ2n) is 6.70. The highest BCUT2D eigenvalue weighted by atomic mass is 16.6. The molecule has 1 heterocycles. The van der Waals surface area contributed by atoms with Crippen molar-refractivity contribution in [1.29, 1.82) is 0 Å². The summed E-state index contributed by atoms with van der Waals surface area (Å²) in [6, 6.07) is 13.4. The third kappa shape index (κ3) is 4.48. The van der Waals surface area contributed by atoms with Crippen molar-refractivity contribution < 1.29 is 19.0 Å². The van der Waals surface area contributed by atoms with Crippen LogP contribution in [0.3, 0.4) is 0 Å². The third-order valence-corrected chi connectivity index (χ3v) is 4.36. The van der Waals surface area contributed by atoms with E-state index < -0.39 is 0 Å². The molecule has 1 atom stereocenters. The lowest BCUT2D eigenvalue weighted by atomic mass is 10.0. The van der Waals surface area contributed by atoms with Crippen molar-refractivity contribution in [3.05, 3.63) is 53.6 Å². The Hall–Kier alpha value is -2.69. The van der Waals surface area contributed by atoms with Gasteiger partial charge >= 0.3 is 0 Å². The van der Waals surface area contributed by atoms with E-state index in [1.54, 1.807) is 0 Å². The van der Waals surface area contributed by atoms with E-state index in [0.29, 0.717) is 24.9 Å². The number of ether oxygens (including phenoxy) is 3. The van der Waals surface area contributed by atoms with Gasteiger partial charge in [0.1, 0.15) is 19.0 Å². The summed E-state index contributed by atoms with van der Waals surface area (Å²) in [6.45, 7) is 7.30. The number of rotatable bonds is 6. The summed E-state index contributed by atoms with van der Waals surface area (Å²) >= 11 is 0. The molecule has 2 aromatic carbocycles. The molecule has 138 valence electrons. The molecule has 3 rings (SSSR count). The zero-order valence-electron chi connectivity index (χ0n) is 15.5. The van der Waals surface area contributed by atoms with Crippen molar-refractivity contribution in [1.82, 2.24) is 5.32 Å². The number of carbonyl (C=O) groups is 1. The number of amides is 1. The van der Waals surface area contributed by atoms with Gasteiger partial charge in [-0.1, -0.05) is 32.0 Å². The lowest BCUT2D eigenvalue weighted by Crippen LogP contribution is -2.31. The van der Waals surface area contributed by atoms with Gasteiger partial charge in [-0.25, -0.2) is 0 Å². The molecule has 1 aliphatic rings. The van der Waals surface area contributed by atoms with Gasteiger partial charge in [0, 0.05) is 0 Å². The van der Waals surface area contributed by atoms with Gasteiger partial charge in [-0.05, 0) is 48.2 Å². The van der Waals surface area contributed by atoms with Crippen LogP contribution in [-0.2, 0) is 4.79 Å². The van der Waals surface area contributed by atoms with Crippen LogP contribution in [0.25, 0.3) is 0 Å². The Morgan fingerprint density at radius 3 is 2.35 bits per heavy atom. The molecule has 0 saturated heterocycles. The van der Waals surface area contributed by atoms with Crippen LogP contribution in [0.1, 0.15) is 43.9 Å². The van der Waals surface area contributed by atoms with E-state index in [9.17, 15) is 4.79 Å². The van der Waals surface area contributed by atoms with Gasteiger partial charge < -0.3 is 19.5 Å². The molecular weight excluding hydrogens is 330 g/mol. The van der Waals surface area contributed by atoms with Crippen LogP contribution in [0.4, 0.5) is 0 Å². The maximum atomic E-state index is 12.2. The Bertz CT molecular complexity index is 755. The second-order valence-corrected chi connectivity index (χ2v) is 6.70. The summed E-state index contributed by atoms with van der Waals surface area (Å²) in [7, 11) is 0. The van der Waals surface area contributed by atoms with E-state index in [1.807, 2.05) is 49.4 Å². The zero-order chi connectivity index (χ0) is 18.5. The van der Waals surface area contributed by atoms with E-state index in [0.717, 1.165) is 17.1 Å². The molecule has 1 amide bonds. The first-order valence-corrected chi connectivity index (χ1v) is 8.94. The summed E-state index contributed by atoms with van der Waals surface area (Å²) in [5.74, 6) is 2.46. The predicted molar refractivity (Wildman–Crippen MR) is 100 cm³/mol. The largest absolute Gasteiger partial charge is 0.486 e. The van der Waals surface area contributed by atoms with Crippen LogP contribution < -0.4 is 19.5 Å². The molecule has 0 aliphatic carbocycles. The van der Waals surface area contributed by atoms with Crippen LogP contribution in [0.5, 0.6) is 17.2 Å². The van der Waals surface area contributed by atoms with Crippen LogP contribution in [-0.4, -0.2) is 25.7 Å². The van der Waals surface area contributed by atoms with E-state index in [4.69, 9.17) is 14.2 Å². The monoisotopic (exact) mass is 355 g/mol. The number of carbonyl (C=O) groups excluding carboxylic acids is 1. The highest BCUT2D eigenvalue weighted by Crippen LogP contribution is 2.32. The fraction of sp³-hybridized carbons (Fsp3) is 0.381.